The summed E-state index contributed by atoms with van der Waals surface area (Å²) in [6, 6.07) is 9.31. The third kappa shape index (κ3) is 5.29. The van der Waals surface area contributed by atoms with E-state index in [4.69, 9.17) is 0 Å². The van der Waals surface area contributed by atoms with Crippen LogP contribution in [0.3, 0.4) is 0 Å². The number of nitrogens with zero attached hydrogens (tertiary/aromatic N) is 2. The first kappa shape index (κ1) is 22.5. The number of carbonyl (C=O) groups excluding carboxylic acids is 2. The zero-order valence-corrected chi connectivity index (χ0v) is 18.6. The number of hydrogen-bond acceptors (Lipinski definition) is 5. The van der Waals surface area contributed by atoms with E-state index in [1.165, 1.54) is 15.9 Å². The van der Waals surface area contributed by atoms with E-state index >= 15 is 0 Å². The molecule has 0 aliphatic carbocycles. The van der Waals surface area contributed by atoms with Crippen LogP contribution in [0.25, 0.3) is 10.2 Å². The molecular weight excluding hydrogens is 416 g/mol. The molecule has 9 heteroatoms. The second kappa shape index (κ2) is 9.74. The summed E-state index contributed by atoms with van der Waals surface area (Å²) in [4.78, 5) is 50.6. The summed E-state index contributed by atoms with van der Waals surface area (Å²) in [6.07, 6.45) is 0.759. The fourth-order valence-corrected chi connectivity index (χ4v) is 3.94. The molecule has 3 rings (SSSR count). The molecule has 0 saturated carbocycles. The second-order valence-corrected chi connectivity index (χ2v) is 8.45. The van der Waals surface area contributed by atoms with Crippen LogP contribution >= 0.6 is 11.3 Å². The minimum atomic E-state index is -0.680. The molecule has 1 aromatic carbocycles. The minimum absolute atomic E-state index is 0.0281. The first-order valence-electron chi connectivity index (χ1n) is 10.1. The van der Waals surface area contributed by atoms with Gasteiger partial charge in [0.05, 0.1) is 5.52 Å². The van der Waals surface area contributed by atoms with Crippen LogP contribution in [0.1, 0.15) is 31.4 Å². The lowest BCUT2D eigenvalue weighted by Crippen LogP contribution is -2.45. The van der Waals surface area contributed by atoms with Gasteiger partial charge in [0.2, 0.25) is 11.8 Å². The molecule has 8 nitrogen and oxygen atoms in total. The zero-order valence-electron chi connectivity index (χ0n) is 17.8. The maximum atomic E-state index is 13.0. The molecule has 0 aliphatic heterocycles. The first-order chi connectivity index (χ1) is 14.8. The van der Waals surface area contributed by atoms with Crippen molar-refractivity contribution < 1.29 is 9.59 Å². The van der Waals surface area contributed by atoms with Crippen LogP contribution in [0.4, 0.5) is 0 Å². The average molecular weight is 443 g/mol. The van der Waals surface area contributed by atoms with Crippen LogP contribution in [0.2, 0.25) is 0 Å². The molecule has 164 valence electrons. The van der Waals surface area contributed by atoms with Crippen molar-refractivity contribution >= 4 is 33.4 Å². The van der Waals surface area contributed by atoms with Crippen molar-refractivity contribution in [2.24, 2.45) is 0 Å². The van der Waals surface area contributed by atoms with E-state index in [9.17, 15) is 19.2 Å². The Kier molecular flexibility index (Phi) is 7.06. The number of thiophene rings is 1. The Morgan fingerprint density at radius 1 is 1.03 bits per heavy atom. The first-order valence-corrected chi connectivity index (χ1v) is 11.0. The van der Waals surface area contributed by atoms with E-state index in [1.54, 1.807) is 11.4 Å². The molecule has 2 amide bonds. The largest absolute Gasteiger partial charge is 0.352 e. The van der Waals surface area contributed by atoms with Gasteiger partial charge in [0.15, 0.2) is 0 Å². The molecule has 2 N–H and O–H groups in total. The molecule has 0 saturated heterocycles. The van der Waals surface area contributed by atoms with E-state index in [0.29, 0.717) is 16.8 Å². The van der Waals surface area contributed by atoms with Gasteiger partial charge < -0.3 is 10.6 Å². The van der Waals surface area contributed by atoms with Crippen LogP contribution in [0.15, 0.2) is 45.3 Å². The molecule has 0 bridgehead atoms. The van der Waals surface area contributed by atoms with Gasteiger partial charge in [-0.2, -0.15) is 0 Å². The van der Waals surface area contributed by atoms with Gasteiger partial charge in [-0.25, -0.2) is 9.36 Å². The molecular formula is C22H26N4O4S. The average Bonchev–Trinajstić information content (AvgIpc) is 3.23. The van der Waals surface area contributed by atoms with Crippen molar-refractivity contribution in [3.05, 3.63) is 67.7 Å². The van der Waals surface area contributed by atoms with Crippen LogP contribution in [0.5, 0.6) is 0 Å². The number of hydrogen-bond donors (Lipinski definition) is 2. The lowest BCUT2D eigenvalue weighted by atomic mass is 10.1. The van der Waals surface area contributed by atoms with Crippen LogP contribution in [0, 0.1) is 6.92 Å². The predicted octanol–water partition coefficient (Wildman–Crippen LogP) is 1.76. The van der Waals surface area contributed by atoms with Gasteiger partial charge in [-0.1, -0.05) is 36.8 Å². The fraction of sp³-hybridized carbons (Fsp3) is 0.364. The highest BCUT2D eigenvalue weighted by Gasteiger charge is 2.18. The summed E-state index contributed by atoms with van der Waals surface area (Å²) in [5.74, 6) is -0.774. The molecule has 0 radical (unpaired) electrons. The van der Waals surface area contributed by atoms with Gasteiger partial charge in [0.25, 0.3) is 5.56 Å². The van der Waals surface area contributed by atoms with E-state index < -0.39 is 23.7 Å². The van der Waals surface area contributed by atoms with Gasteiger partial charge in [0, 0.05) is 12.6 Å². The van der Waals surface area contributed by atoms with Crippen LogP contribution in [-0.2, 0) is 29.2 Å². The van der Waals surface area contributed by atoms with Crippen molar-refractivity contribution in [1.29, 1.82) is 0 Å². The van der Waals surface area contributed by atoms with Crippen LogP contribution < -0.4 is 21.9 Å². The number of amides is 2. The number of aryl methyl sites for hydroxylation is 1. The molecule has 1 unspecified atom stereocenters. The van der Waals surface area contributed by atoms with Crippen molar-refractivity contribution in [3.63, 3.8) is 0 Å². The van der Waals surface area contributed by atoms with Crippen molar-refractivity contribution in [2.75, 3.05) is 0 Å². The third-order valence-electron chi connectivity index (χ3n) is 5.07. The van der Waals surface area contributed by atoms with E-state index in [-0.39, 0.29) is 18.5 Å². The number of aromatic nitrogens is 2. The highest BCUT2D eigenvalue weighted by atomic mass is 32.1. The maximum Gasteiger partial charge on any atom is 0.332 e. The highest BCUT2D eigenvalue weighted by molar-refractivity contribution is 7.17. The highest BCUT2D eigenvalue weighted by Crippen LogP contribution is 2.15. The van der Waals surface area contributed by atoms with E-state index in [1.807, 2.05) is 45.0 Å². The number of fused-ring (bicyclic) bond motifs is 1. The Bertz CT molecular complexity index is 1210. The molecule has 2 aromatic heterocycles. The third-order valence-corrected chi connectivity index (χ3v) is 5.96. The summed E-state index contributed by atoms with van der Waals surface area (Å²) in [5.41, 5.74) is 1.22. The Morgan fingerprint density at radius 3 is 2.39 bits per heavy atom. The monoisotopic (exact) mass is 442 g/mol. The van der Waals surface area contributed by atoms with E-state index in [2.05, 4.69) is 10.6 Å². The van der Waals surface area contributed by atoms with Gasteiger partial charge in [-0.05, 0) is 37.3 Å². The molecule has 0 aliphatic rings. The number of nitrogens with one attached hydrogen (secondary N) is 2. The number of carbonyl (C=O) groups is 2. The van der Waals surface area contributed by atoms with Crippen molar-refractivity contribution in [1.82, 2.24) is 19.8 Å². The van der Waals surface area contributed by atoms with Gasteiger partial charge >= 0.3 is 5.69 Å². The standard InChI is InChI=1S/C22H26N4O4S/c1-4-15(3)24-19(28)13-25-17-9-10-31-20(17)21(29)26(22(25)30)12-18(27)23-11-16-7-5-14(2)6-8-16/h5-10,15H,4,11-13H2,1-3H3,(H,23,27)(H,24,28). The normalized spacial score (nSPS) is 12.0. The smallest absolute Gasteiger partial charge is 0.332 e. The summed E-state index contributed by atoms with van der Waals surface area (Å²) in [5, 5.41) is 7.24. The molecule has 1 atom stereocenters. The molecule has 3 aromatic rings. The maximum absolute atomic E-state index is 13.0. The fourth-order valence-electron chi connectivity index (χ4n) is 3.10. The molecule has 0 fully saturated rings. The lowest BCUT2D eigenvalue weighted by Gasteiger charge is -2.14. The quantitative estimate of drug-likeness (QED) is 0.555. The summed E-state index contributed by atoms with van der Waals surface area (Å²) in [7, 11) is 0. The lowest BCUT2D eigenvalue weighted by molar-refractivity contribution is -0.122. The summed E-state index contributed by atoms with van der Waals surface area (Å²) in [6.45, 7) is 5.46. The number of rotatable bonds is 8. The Balaban J connectivity index is 1.83. The van der Waals surface area contributed by atoms with Crippen LogP contribution in [-0.4, -0.2) is 27.0 Å². The van der Waals surface area contributed by atoms with Gasteiger partial charge in [0.1, 0.15) is 17.8 Å². The Morgan fingerprint density at radius 2 is 1.71 bits per heavy atom. The zero-order chi connectivity index (χ0) is 22.5. The molecule has 31 heavy (non-hydrogen) atoms. The minimum Gasteiger partial charge on any atom is -0.352 e. The van der Waals surface area contributed by atoms with E-state index in [0.717, 1.165) is 22.1 Å². The predicted molar refractivity (Wildman–Crippen MR) is 121 cm³/mol. The molecule has 0 spiro atoms. The van der Waals surface area contributed by atoms with Gasteiger partial charge in [-0.15, -0.1) is 11.3 Å². The SMILES string of the molecule is CCC(C)NC(=O)Cn1c(=O)n(CC(=O)NCc2ccc(C)cc2)c(=O)c2sccc21. The summed E-state index contributed by atoms with van der Waals surface area (Å²) < 4.78 is 2.47. The molecule has 2 heterocycles. The second-order valence-electron chi connectivity index (χ2n) is 7.53. The Hall–Kier alpha value is -3.20. The van der Waals surface area contributed by atoms with Crippen molar-refractivity contribution in [2.45, 2.75) is 52.9 Å². The van der Waals surface area contributed by atoms with Crippen molar-refractivity contribution in [3.8, 4) is 0 Å². The van der Waals surface area contributed by atoms with Gasteiger partial charge in [-0.3, -0.25) is 19.0 Å². The number of benzene rings is 1. The topological polar surface area (TPSA) is 102 Å². The Labute approximate surface area is 183 Å². The summed E-state index contributed by atoms with van der Waals surface area (Å²) >= 11 is 1.18.